The molecule has 0 saturated heterocycles. The van der Waals surface area contributed by atoms with Gasteiger partial charge in [-0.25, -0.2) is 13.4 Å². The number of H-pyrrole nitrogens is 1. The average Bonchev–Trinajstić information content (AvgIpc) is 2.83. The third-order valence-electron chi connectivity index (χ3n) is 3.65. The van der Waals surface area contributed by atoms with Crippen LogP contribution in [0.15, 0.2) is 26.5 Å². The average molecular weight is 323 g/mol. The Morgan fingerprint density at radius 3 is 2.82 bits per heavy atom. The molecule has 1 aliphatic heterocycles. The summed E-state index contributed by atoms with van der Waals surface area (Å²) in [5.41, 5.74) is 0.712. The summed E-state index contributed by atoms with van der Waals surface area (Å²) in [6.45, 7) is 3.63. The lowest BCUT2D eigenvalue weighted by atomic mass is 10.1. The zero-order chi connectivity index (χ0) is 15.9. The smallest absolute Gasteiger partial charge is 0.256 e. The van der Waals surface area contributed by atoms with Crippen LogP contribution in [0.3, 0.4) is 0 Å². The fourth-order valence-electron chi connectivity index (χ4n) is 2.56. The van der Waals surface area contributed by atoms with Crippen molar-refractivity contribution in [2.75, 3.05) is 12.8 Å². The molecule has 0 radical (unpaired) electrons. The van der Waals surface area contributed by atoms with Crippen LogP contribution in [0.4, 0.5) is 0 Å². The standard InChI is InChI=1S/C14H17N3O4S/c1-9-3-4-10(21-9)7-17-6-5-12-11(8-17)13(18)16-14(15-12)22(2,19)20/h3-4H,5-8H2,1-2H3,(H,15,16,18). The number of furan rings is 1. The lowest BCUT2D eigenvalue weighted by Gasteiger charge is -2.26. The molecular formula is C14H17N3O4S. The van der Waals surface area contributed by atoms with Crippen LogP contribution >= 0.6 is 0 Å². The molecule has 0 fully saturated rings. The molecule has 22 heavy (non-hydrogen) atoms. The Kier molecular flexibility index (Phi) is 3.65. The van der Waals surface area contributed by atoms with Gasteiger partial charge in [0.15, 0.2) is 0 Å². The van der Waals surface area contributed by atoms with Crippen LogP contribution < -0.4 is 5.56 Å². The molecule has 0 saturated carbocycles. The second-order valence-electron chi connectivity index (χ2n) is 5.54. The van der Waals surface area contributed by atoms with Gasteiger partial charge in [0.1, 0.15) is 11.5 Å². The fourth-order valence-corrected chi connectivity index (χ4v) is 3.11. The van der Waals surface area contributed by atoms with Crippen molar-refractivity contribution in [3.63, 3.8) is 0 Å². The first-order valence-electron chi connectivity index (χ1n) is 6.93. The van der Waals surface area contributed by atoms with E-state index in [0.717, 1.165) is 17.8 Å². The first kappa shape index (κ1) is 15.0. The number of nitrogens with zero attached hydrogens (tertiary/aromatic N) is 2. The quantitative estimate of drug-likeness (QED) is 0.832. The maximum absolute atomic E-state index is 12.1. The maximum atomic E-state index is 12.1. The number of sulfone groups is 1. The zero-order valence-electron chi connectivity index (χ0n) is 12.4. The van der Waals surface area contributed by atoms with Crippen LogP contribution in [0.2, 0.25) is 0 Å². The van der Waals surface area contributed by atoms with Gasteiger partial charge in [-0.15, -0.1) is 0 Å². The van der Waals surface area contributed by atoms with Crippen molar-refractivity contribution >= 4 is 9.84 Å². The minimum absolute atomic E-state index is 0.258. The van der Waals surface area contributed by atoms with Gasteiger partial charge in [0, 0.05) is 25.8 Å². The summed E-state index contributed by atoms with van der Waals surface area (Å²) < 4.78 is 28.6. The summed E-state index contributed by atoms with van der Waals surface area (Å²) in [4.78, 5) is 20.7. The van der Waals surface area contributed by atoms with E-state index in [4.69, 9.17) is 4.42 Å². The molecule has 1 aliphatic rings. The van der Waals surface area contributed by atoms with Gasteiger partial charge in [-0.2, -0.15) is 0 Å². The maximum Gasteiger partial charge on any atom is 0.256 e. The Balaban J connectivity index is 1.86. The summed E-state index contributed by atoms with van der Waals surface area (Å²) in [7, 11) is -3.51. The van der Waals surface area contributed by atoms with Gasteiger partial charge in [-0.05, 0) is 19.1 Å². The van der Waals surface area contributed by atoms with Crippen LogP contribution in [-0.4, -0.2) is 36.1 Å². The summed E-state index contributed by atoms with van der Waals surface area (Å²) in [6, 6.07) is 3.82. The SMILES string of the molecule is Cc1ccc(CN2CCc3nc(S(C)(=O)=O)[nH]c(=O)c3C2)o1. The number of nitrogens with one attached hydrogen (secondary N) is 1. The van der Waals surface area contributed by atoms with Crippen molar-refractivity contribution in [1.82, 2.24) is 14.9 Å². The lowest BCUT2D eigenvalue weighted by molar-refractivity contribution is 0.220. The number of fused-ring (bicyclic) bond motifs is 1. The number of aromatic amines is 1. The number of aromatic nitrogens is 2. The van der Waals surface area contributed by atoms with Crippen molar-refractivity contribution in [1.29, 1.82) is 0 Å². The first-order valence-corrected chi connectivity index (χ1v) is 8.82. The summed E-state index contributed by atoms with van der Waals surface area (Å²) in [5.74, 6) is 1.70. The third-order valence-corrected chi connectivity index (χ3v) is 4.55. The minimum Gasteiger partial charge on any atom is -0.465 e. The highest BCUT2D eigenvalue weighted by atomic mass is 32.2. The summed E-state index contributed by atoms with van der Waals surface area (Å²) in [5, 5.41) is -0.258. The monoisotopic (exact) mass is 323 g/mol. The topological polar surface area (TPSA) is 96.3 Å². The highest BCUT2D eigenvalue weighted by Crippen LogP contribution is 2.18. The van der Waals surface area contributed by atoms with Crippen LogP contribution in [0.1, 0.15) is 22.8 Å². The van der Waals surface area contributed by atoms with E-state index in [2.05, 4.69) is 14.9 Å². The molecule has 3 rings (SSSR count). The van der Waals surface area contributed by atoms with E-state index in [0.29, 0.717) is 37.3 Å². The van der Waals surface area contributed by atoms with E-state index in [1.807, 2.05) is 19.1 Å². The van der Waals surface area contributed by atoms with Gasteiger partial charge < -0.3 is 4.42 Å². The van der Waals surface area contributed by atoms with Crippen LogP contribution in [0.5, 0.6) is 0 Å². The molecule has 3 heterocycles. The molecule has 0 amide bonds. The molecule has 118 valence electrons. The molecule has 2 aromatic heterocycles. The Hall–Kier alpha value is -1.93. The van der Waals surface area contributed by atoms with Crippen molar-refractivity contribution in [3.8, 4) is 0 Å². The Bertz CT molecular complexity index is 866. The van der Waals surface area contributed by atoms with Gasteiger partial charge in [-0.3, -0.25) is 14.7 Å². The number of rotatable bonds is 3. The number of hydrogen-bond donors (Lipinski definition) is 1. The molecule has 1 N–H and O–H groups in total. The van der Waals surface area contributed by atoms with E-state index in [1.165, 1.54) is 0 Å². The van der Waals surface area contributed by atoms with Crippen molar-refractivity contribution in [2.45, 2.75) is 31.6 Å². The van der Waals surface area contributed by atoms with Crippen LogP contribution in [0.25, 0.3) is 0 Å². The number of hydrogen-bond acceptors (Lipinski definition) is 6. The van der Waals surface area contributed by atoms with Gasteiger partial charge in [0.25, 0.3) is 5.56 Å². The highest BCUT2D eigenvalue weighted by molar-refractivity contribution is 7.90. The predicted octanol–water partition coefficient (Wildman–Crippen LogP) is 0.633. The predicted molar refractivity (Wildman–Crippen MR) is 79.2 cm³/mol. The molecule has 0 bridgehead atoms. The lowest BCUT2D eigenvalue weighted by Crippen LogP contribution is -2.36. The summed E-state index contributed by atoms with van der Waals surface area (Å²) >= 11 is 0. The minimum atomic E-state index is -3.51. The largest absolute Gasteiger partial charge is 0.465 e. The second kappa shape index (κ2) is 5.36. The molecule has 7 nitrogen and oxygen atoms in total. The molecule has 0 aliphatic carbocycles. The van der Waals surface area contributed by atoms with Crippen molar-refractivity contribution in [2.24, 2.45) is 0 Å². The Morgan fingerprint density at radius 2 is 2.18 bits per heavy atom. The Labute approximate surface area is 127 Å². The van der Waals surface area contributed by atoms with E-state index < -0.39 is 9.84 Å². The molecule has 2 aromatic rings. The molecule has 0 spiro atoms. The number of aryl methyl sites for hydroxylation is 1. The van der Waals surface area contributed by atoms with Crippen LogP contribution in [0, 0.1) is 6.92 Å². The van der Waals surface area contributed by atoms with E-state index in [-0.39, 0.29) is 10.7 Å². The van der Waals surface area contributed by atoms with E-state index in [9.17, 15) is 13.2 Å². The summed E-state index contributed by atoms with van der Waals surface area (Å²) in [6.07, 6.45) is 1.58. The van der Waals surface area contributed by atoms with Crippen molar-refractivity contribution in [3.05, 3.63) is 45.3 Å². The molecular weight excluding hydrogens is 306 g/mol. The normalized spacial score (nSPS) is 15.7. The molecule has 0 unspecified atom stereocenters. The van der Waals surface area contributed by atoms with Gasteiger partial charge >= 0.3 is 0 Å². The fraction of sp³-hybridized carbons (Fsp3) is 0.429. The van der Waals surface area contributed by atoms with Gasteiger partial charge in [0.05, 0.1) is 17.8 Å². The van der Waals surface area contributed by atoms with E-state index >= 15 is 0 Å². The third kappa shape index (κ3) is 2.97. The molecule has 0 atom stereocenters. The Morgan fingerprint density at radius 1 is 1.41 bits per heavy atom. The molecule has 0 aromatic carbocycles. The van der Waals surface area contributed by atoms with Gasteiger partial charge in [-0.1, -0.05) is 0 Å². The van der Waals surface area contributed by atoms with Gasteiger partial charge in [0.2, 0.25) is 15.0 Å². The molecule has 8 heteroatoms. The van der Waals surface area contributed by atoms with Crippen LogP contribution in [-0.2, 0) is 29.3 Å². The van der Waals surface area contributed by atoms with Crippen molar-refractivity contribution < 1.29 is 12.8 Å². The highest BCUT2D eigenvalue weighted by Gasteiger charge is 2.23. The second-order valence-corrected chi connectivity index (χ2v) is 7.47. The van der Waals surface area contributed by atoms with E-state index in [1.54, 1.807) is 0 Å². The zero-order valence-corrected chi connectivity index (χ0v) is 13.2. The first-order chi connectivity index (χ1) is 10.3.